The molecule has 1 heterocycles. The quantitative estimate of drug-likeness (QED) is 0.282. The van der Waals surface area contributed by atoms with Crippen LogP contribution in [0.25, 0.3) is 5.69 Å². The highest BCUT2D eigenvalue weighted by molar-refractivity contribution is 6.30. The third-order valence-electron chi connectivity index (χ3n) is 6.05. The fourth-order valence-corrected chi connectivity index (χ4v) is 4.51. The number of carbonyl (C=O) groups excluding carboxylic acids is 3. The van der Waals surface area contributed by atoms with Crippen LogP contribution in [-0.4, -0.2) is 57.0 Å². The molecule has 0 spiro atoms. The maximum Gasteiger partial charge on any atom is 0.419 e. The number of halogens is 1. The van der Waals surface area contributed by atoms with Crippen molar-refractivity contribution in [2.24, 2.45) is 5.92 Å². The molecule has 2 unspecified atom stereocenters. The first-order valence-corrected chi connectivity index (χ1v) is 13.2. The van der Waals surface area contributed by atoms with E-state index in [4.69, 9.17) is 25.8 Å². The van der Waals surface area contributed by atoms with Crippen LogP contribution in [0.3, 0.4) is 0 Å². The molecule has 10 heteroatoms. The van der Waals surface area contributed by atoms with Gasteiger partial charge in [0.2, 0.25) is 0 Å². The summed E-state index contributed by atoms with van der Waals surface area (Å²) in [6, 6.07) is 7.36. The second kappa shape index (κ2) is 11.4. The summed E-state index contributed by atoms with van der Waals surface area (Å²) >= 11 is 6.14. The van der Waals surface area contributed by atoms with Crippen LogP contribution in [0.1, 0.15) is 73.4 Å². The van der Waals surface area contributed by atoms with Gasteiger partial charge in [-0.25, -0.2) is 19.5 Å². The lowest BCUT2D eigenvalue weighted by atomic mass is 9.97. The van der Waals surface area contributed by atoms with Crippen LogP contribution in [0.15, 0.2) is 36.8 Å². The fraction of sp³-hybridized carbons (Fsp3) is 0.571. The Balaban J connectivity index is 1.74. The third-order valence-corrected chi connectivity index (χ3v) is 6.29. The predicted molar refractivity (Wildman–Crippen MR) is 143 cm³/mol. The second-order valence-electron chi connectivity index (χ2n) is 11.5. The van der Waals surface area contributed by atoms with Crippen molar-refractivity contribution >= 4 is 29.8 Å². The van der Waals surface area contributed by atoms with Crippen LogP contribution < -0.4 is 0 Å². The van der Waals surface area contributed by atoms with Crippen molar-refractivity contribution in [1.29, 1.82) is 0 Å². The number of rotatable bonds is 8. The zero-order valence-electron chi connectivity index (χ0n) is 23.2. The number of aromatic nitrogens is 2. The molecule has 0 N–H and O–H groups in total. The Morgan fingerprint density at radius 1 is 1.11 bits per heavy atom. The number of nitrogens with zero attached hydrogens (tertiary/aromatic N) is 3. The van der Waals surface area contributed by atoms with E-state index < -0.39 is 28.8 Å². The fourth-order valence-electron chi connectivity index (χ4n) is 4.32. The monoisotopic (exact) mass is 547 g/mol. The van der Waals surface area contributed by atoms with Crippen molar-refractivity contribution < 1.29 is 28.6 Å². The molecule has 0 bridgehead atoms. The van der Waals surface area contributed by atoms with E-state index >= 15 is 0 Å². The van der Waals surface area contributed by atoms with E-state index in [9.17, 15) is 14.4 Å². The summed E-state index contributed by atoms with van der Waals surface area (Å²) in [4.78, 5) is 44.2. The van der Waals surface area contributed by atoms with E-state index in [-0.39, 0.29) is 25.0 Å². The number of imide groups is 1. The van der Waals surface area contributed by atoms with Gasteiger partial charge in [-0.05, 0) is 91.8 Å². The summed E-state index contributed by atoms with van der Waals surface area (Å²) in [6.45, 7) is 12.5. The first-order chi connectivity index (χ1) is 17.7. The average molecular weight is 548 g/mol. The van der Waals surface area contributed by atoms with Gasteiger partial charge in [0, 0.05) is 23.5 Å². The summed E-state index contributed by atoms with van der Waals surface area (Å²) in [5.41, 5.74) is -0.957. The molecule has 1 aromatic carbocycles. The smallest absolute Gasteiger partial charge is 0.419 e. The SMILES string of the molecule is CCOC(=O)C1(c2cn(-c3cccc(Cl)c3)cn2)CC1CCCN(C(=O)OC(C)(C)C)C(=O)OC(C)(C)C. The summed E-state index contributed by atoms with van der Waals surface area (Å²) < 4.78 is 18.1. The molecular weight excluding hydrogens is 510 g/mol. The number of carbonyl (C=O) groups is 3. The van der Waals surface area contributed by atoms with E-state index in [2.05, 4.69) is 4.98 Å². The first kappa shape index (κ1) is 29.5. The van der Waals surface area contributed by atoms with Crippen LogP contribution >= 0.6 is 11.6 Å². The minimum Gasteiger partial charge on any atom is -0.465 e. The molecular formula is C28H38ClN3O6. The highest BCUT2D eigenvalue weighted by Gasteiger charge is 2.63. The molecule has 1 aromatic heterocycles. The van der Waals surface area contributed by atoms with Gasteiger partial charge in [-0.15, -0.1) is 0 Å². The van der Waals surface area contributed by atoms with Crippen molar-refractivity contribution in [3.63, 3.8) is 0 Å². The normalized spacial score (nSPS) is 19.0. The molecule has 1 saturated carbocycles. The molecule has 2 aromatic rings. The van der Waals surface area contributed by atoms with Gasteiger partial charge in [0.1, 0.15) is 16.6 Å². The summed E-state index contributed by atoms with van der Waals surface area (Å²) in [5, 5.41) is 0.599. The standard InChI is InChI=1S/C28H38ClN3O6/c1-8-36-23(33)28(22-17-31(18-30-22)21-13-9-12-20(29)15-21)16-19(28)11-10-14-32(24(34)37-26(2,3)4)25(35)38-27(5,6)7/h9,12-13,15,17-19H,8,10-11,14,16H2,1-7H3. The molecule has 3 rings (SSSR count). The highest BCUT2D eigenvalue weighted by Crippen LogP contribution is 2.57. The number of amides is 2. The van der Waals surface area contributed by atoms with Gasteiger partial charge in [0.25, 0.3) is 0 Å². The lowest BCUT2D eigenvalue weighted by Gasteiger charge is -2.28. The summed E-state index contributed by atoms with van der Waals surface area (Å²) in [5.74, 6) is -0.374. The molecule has 0 aliphatic heterocycles. The molecule has 1 aliphatic rings. The Kier molecular flexibility index (Phi) is 8.81. The molecule has 9 nitrogen and oxygen atoms in total. The molecule has 208 valence electrons. The molecule has 2 amide bonds. The minimum absolute atomic E-state index is 0.0524. The van der Waals surface area contributed by atoms with Gasteiger partial charge in [-0.2, -0.15) is 0 Å². The van der Waals surface area contributed by atoms with E-state index in [0.717, 1.165) is 10.6 Å². The van der Waals surface area contributed by atoms with E-state index in [0.29, 0.717) is 30.0 Å². The number of benzene rings is 1. The molecule has 1 fully saturated rings. The van der Waals surface area contributed by atoms with Gasteiger partial charge in [-0.1, -0.05) is 17.7 Å². The van der Waals surface area contributed by atoms with Crippen molar-refractivity contribution in [2.45, 2.75) is 84.3 Å². The number of ether oxygens (including phenoxy) is 3. The van der Waals surface area contributed by atoms with Crippen molar-refractivity contribution in [1.82, 2.24) is 14.5 Å². The number of hydrogen-bond acceptors (Lipinski definition) is 7. The zero-order chi connectivity index (χ0) is 28.3. The maximum absolute atomic E-state index is 13.1. The Labute approximate surface area is 229 Å². The third kappa shape index (κ3) is 7.28. The molecule has 0 saturated heterocycles. The van der Waals surface area contributed by atoms with Crippen LogP contribution in [0.5, 0.6) is 0 Å². The van der Waals surface area contributed by atoms with E-state index in [1.807, 2.05) is 29.0 Å². The topological polar surface area (TPSA) is 100.0 Å². The second-order valence-corrected chi connectivity index (χ2v) is 11.9. The Morgan fingerprint density at radius 2 is 1.74 bits per heavy atom. The van der Waals surface area contributed by atoms with Crippen molar-refractivity contribution in [3.8, 4) is 5.69 Å². The first-order valence-electron chi connectivity index (χ1n) is 12.9. The molecule has 2 atom stereocenters. The molecule has 1 aliphatic carbocycles. The van der Waals surface area contributed by atoms with Crippen LogP contribution in [0.4, 0.5) is 9.59 Å². The minimum atomic E-state index is -0.873. The lowest BCUT2D eigenvalue weighted by molar-refractivity contribution is -0.146. The number of hydrogen-bond donors (Lipinski definition) is 0. The summed E-state index contributed by atoms with van der Waals surface area (Å²) in [7, 11) is 0. The lowest BCUT2D eigenvalue weighted by Crippen LogP contribution is -2.44. The van der Waals surface area contributed by atoms with Gasteiger partial charge < -0.3 is 18.8 Å². The number of imidazole rings is 1. The average Bonchev–Trinajstić information content (AvgIpc) is 3.29. The van der Waals surface area contributed by atoms with E-state index in [1.54, 1.807) is 60.9 Å². The van der Waals surface area contributed by atoms with Gasteiger partial charge >= 0.3 is 18.2 Å². The zero-order valence-corrected chi connectivity index (χ0v) is 24.0. The maximum atomic E-state index is 13.1. The van der Waals surface area contributed by atoms with E-state index in [1.165, 1.54) is 0 Å². The molecule has 38 heavy (non-hydrogen) atoms. The number of esters is 1. The summed E-state index contributed by atoms with van der Waals surface area (Å²) in [6.07, 6.45) is 3.56. The Hall–Kier alpha value is -3.07. The van der Waals surface area contributed by atoms with Gasteiger partial charge in [-0.3, -0.25) is 4.79 Å². The van der Waals surface area contributed by atoms with Crippen LogP contribution in [-0.2, 0) is 24.4 Å². The predicted octanol–water partition coefficient (Wildman–Crippen LogP) is 6.30. The van der Waals surface area contributed by atoms with Crippen molar-refractivity contribution in [2.75, 3.05) is 13.2 Å². The Bertz CT molecular complexity index is 1140. The Morgan fingerprint density at radius 3 is 2.29 bits per heavy atom. The van der Waals surface area contributed by atoms with Crippen molar-refractivity contribution in [3.05, 3.63) is 47.5 Å². The van der Waals surface area contributed by atoms with Gasteiger partial charge in [0.05, 0.1) is 18.6 Å². The molecule has 0 radical (unpaired) electrons. The van der Waals surface area contributed by atoms with Crippen LogP contribution in [0, 0.1) is 5.92 Å². The van der Waals surface area contributed by atoms with Gasteiger partial charge in [0.15, 0.2) is 0 Å². The largest absolute Gasteiger partial charge is 0.465 e. The highest BCUT2D eigenvalue weighted by atomic mass is 35.5. The van der Waals surface area contributed by atoms with Crippen LogP contribution in [0.2, 0.25) is 5.02 Å².